The third-order valence-electron chi connectivity index (χ3n) is 3.88. The Hall–Kier alpha value is -2.04. The Morgan fingerprint density at radius 2 is 1.91 bits per heavy atom. The van der Waals surface area contributed by atoms with Gasteiger partial charge in [0.2, 0.25) is 6.10 Å². The SMILES string of the molecule is COC(=O)[C@H](OC(=O)C[C@@H](C)c1ccccc1OC)C1CC1. The van der Waals surface area contributed by atoms with E-state index >= 15 is 0 Å². The van der Waals surface area contributed by atoms with Crippen molar-refractivity contribution in [3.63, 3.8) is 0 Å². The standard InChI is InChI=1S/C17H22O5/c1-11(13-6-4-5-7-14(13)20-2)10-15(18)22-16(12-8-9-12)17(19)21-3/h4-7,11-12,16H,8-10H2,1-3H3/t11-,16-/m1/s1. The monoisotopic (exact) mass is 306 g/mol. The number of hydrogen-bond acceptors (Lipinski definition) is 5. The number of carbonyl (C=O) groups excluding carboxylic acids is 2. The molecule has 1 fully saturated rings. The maximum Gasteiger partial charge on any atom is 0.347 e. The van der Waals surface area contributed by atoms with Gasteiger partial charge in [-0.15, -0.1) is 0 Å². The first-order chi connectivity index (χ1) is 10.6. The molecule has 5 heteroatoms. The first-order valence-corrected chi connectivity index (χ1v) is 7.47. The average molecular weight is 306 g/mol. The summed E-state index contributed by atoms with van der Waals surface area (Å²) in [6, 6.07) is 7.57. The number of hydrogen-bond donors (Lipinski definition) is 0. The number of para-hydroxylation sites is 1. The molecule has 0 saturated heterocycles. The van der Waals surface area contributed by atoms with Crippen molar-refractivity contribution in [2.45, 2.75) is 38.2 Å². The lowest BCUT2D eigenvalue weighted by molar-refractivity contribution is -0.167. The van der Waals surface area contributed by atoms with E-state index in [1.807, 2.05) is 31.2 Å². The highest BCUT2D eigenvalue weighted by Crippen LogP contribution is 2.36. The molecule has 1 aliphatic carbocycles. The lowest BCUT2D eigenvalue weighted by atomic mass is 9.97. The summed E-state index contributed by atoms with van der Waals surface area (Å²) in [6.45, 7) is 1.93. The zero-order valence-corrected chi connectivity index (χ0v) is 13.2. The molecular formula is C17H22O5. The third kappa shape index (κ3) is 4.00. The Labute approximate surface area is 130 Å². The Bertz CT molecular complexity index is 536. The number of carbonyl (C=O) groups is 2. The van der Waals surface area contributed by atoms with Crippen LogP contribution in [0.3, 0.4) is 0 Å². The van der Waals surface area contributed by atoms with Gasteiger partial charge in [0.25, 0.3) is 0 Å². The Kier molecular flexibility index (Phi) is 5.41. The fourth-order valence-electron chi connectivity index (χ4n) is 2.48. The molecule has 0 unspecified atom stereocenters. The van der Waals surface area contributed by atoms with Gasteiger partial charge in [0, 0.05) is 5.92 Å². The molecule has 0 radical (unpaired) electrons. The lowest BCUT2D eigenvalue weighted by Crippen LogP contribution is -2.30. The van der Waals surface area contributed by atoms with Crippen LogP contribution in [0, 0.1) is 5.92 Å². The van der Waals surface area contributed by atoms with Crippen molar-refractivity contribution in [3.8, 4) is 5.75 Å². The Morgan fingerprint density at radius 3 is 2.50 bits per heavy atom. The van der Waals surface area contributed by atoms with Crippen LogP contribution in [0.5, 0.6) is 5.75 Å². The van der Waals surface area contributed by atoms with Crippen LogP contribution in [0.1, 0.15) is 37.7 Å². The van der Waals surface area contributed by atoms with E-state index in [2.05, 4.69) is 0 Å². The van der Waals surface area contributed by atoms with Crippen LogP contribution in [0.15, 0.2) is 24.3 Å². The zero-order chi connectivity index (χ0) is 16.1. The van der Waals surface area contributed by atoms with E-state index in [1.54, 1.807) is 7.11 Å². The van der Waals surface area contributed by atoms with Crippen LogP contribution in [0.2, 0.25) is 0 Å². The molecule has 1 aromatic rings. The number of rotatable bonds is 7. The summed E-state index contributed by atoms with van der Waals surface area (Å²) in [5, 5.41) is 0. The average Bonchev–Trinajstić information content (AvgIpc) is 3.36. The largest absolute Gasteiger partial charge is 0.496 e. The molecule has 0 amide bonds. The number of esters is 2. The Balaban J connectivity index is 1.97. The highest BCUT2D eigenvalue weighted by molar-refractivity contribution is 5.80. The van der Waals surface area contributed by atoms with Crippen molar-refractivity contribution in [2.75, 3.05) is 14.2 Å². The van der Waals surface area contributed by atoms with Gasteiger partial charge in [-0.2, -0.15) is 0 Å². The molecule has 0 N–H and O–H groups in total. The lowest BCUT2D eigenvalue weighted by Gasteiger charge is -2.18. The predicted molar refractivity (Wildman–Crippen MR) is 80.6 cm³/mol. The van der Waals surface area contributed by atoms with Crippen LogP contribution in [-0.2, 0) is 19.1 Å². The van der Waals surface area contributed by atoms with Crippen LogP contribution >= 0.6 is 0 Å². The second-order valence-electron chi connectivity index (χ2n) is 5.62. The molecule has 0 bridgehead atoms. The van der Waals surface area contributed by atoms with Crippen molar-refractivity contribution in [1.29, 1.82) is 0 Å². The molecule has 1 aromatic carbocycles. The number of methoxy groups -OCH3 is 2. The van der Waals surface area contributed by atoms with Gasteiger partial charge in [-0.05, 0) is 30.4 Å². The van der Waals surface area contributed by atoms with Gasteiger partial charge in [0.1, 0.15) is 5.75 Å². The van der Waals surface area contributed by atoms with Crippen LogP contribution in [-0.4, -0.2) is 32.3 Å². The van der Waals surface area contributed by atoms with E-state index < -0.39 is 12.1 Å². The van der Waals surface area contributed by atoms with Crippen molar-refractivity contribution >= 4 is 11.9 Å². The summed E-state index contributed by atoms with van der Waals surface area (Å²) in [6.07, 6.45) is 1.23. The smallest absolute Gasteiger partial charge is 0.347 e. The van der Waals surface area contributed by atoms with Gasteiger partial charge in [0.05, 0.1) is 20.6 Å². The highest BCUT2D eigenvalue weighted by Gasteiger charge is 2.40. The van der Waals surface area contributed by atoms with Gasteiger partial charge >= 0.3 is 11.9 Å². The maximum atomic E-state index is 12.1. The van der Waals surface area contributed by atoms with Crippen molar-refractivity contribution in [2.24, 2.45) is 5.92 Å². The van der Waals surface area contributed by atoms with Gasteiger partial charge in [-0.3, -0.25) is 4.79 Å². The van der Waals surface area contributed by atoms with E-state index in [1.165, 1.54) is 7.11 Å². The third-order valence-corrected chi connectivity index (χ3v) is 3.88. The molecule has 22 heavy (non-hydrogen) atoms. The molecule has 5 nitrogen and oxygen atoms in total. The van der Waals surface area contributed by atoms with Crippen molar-refractivity contribution < 1.29 is 23.8 Å². The molecule has 0 heterocycles. The van der Waals surface area contributed by atoms with Gasteiger partial charge < -0.3 is 14.2 Å². The highest BCUT2D eigenvalue weighted by atomic mass is 16.6. The van der Waals surface area contributed by atoms with E-state index in [0.717, 1.165) is 24.2 Å². The second kappa shape index (κ2) is 7.29. The van der Waals surface area contributed by atoms with Gasteiger partial charge in [0.15, 0.2) is 0 Å². The first kappa shape index (κ1) is 16.3. The summed E-state index contributed by atoms with van der Waals surface area (Å²) in [7, 11) is 2.91. The minimum atomic E-state index is -0.762. The molecular weight excluding hydrogens is 284 g/mol. The van der Waals surface area contributed by atoms with Crippen molar-refractivity contribution in [3.05, 3.63) is 29.8 Å². The van der Waals surface area contributed by atoms with E-state index in [4.69, 9.17) is 14.2 Å². The van der Waals surface area contributed by atoms with E-state index in [0.29, 0.717) is 0 Å². The molecule has 2 atom stereocenters. The predicted octanol–water partition coefficient (Wildman–Crippen LogP) is 2.68. The molecule has 0 spiro atoms. The molecule has 2 rings (SSSR count). The molecule has 1 saturated carbocycles. The summed E-state index contributed by atoms with van der Waals surface area (Å²) < 4.78 is 15.3. The Morgan fingerprint density at radius 1 is 1.23 bits per heavy atom. The molecule has 0 aliphatic heterocycles. The van der Waals surface area contributed by atoms with Crippen molar-refractivity contribution in [1.82, 2.24) is 0 Å². The summed E-state index contributed by atoms with van der Waals surface area (Å²) in [5.41, 5.74) is 0.947. The summed E-state index contributed by atoms with van der Waals surface area (Å²) >= 11 is 0. The fourth-order valence-corrected chi connectivity index (χ4v) is 2.48. The van der Waals surface area contributed by atoms with Crippen LogP contribution in [0.25, 0.3) is 0 Å². The summed E-state index contributed by atoms with van der Waals surface area (Å²) in [5.74, 6) is -0.0601. The normalized spacial score (nSPS) is 16.5. The van der Waals surface area contributed by atoms with E-state index in [9.17, 15) is 9.59 Å². The zero-order valence-electron chi connectivity index (χ0n) is 13.2. The summed E-state index contributed by atoms with van der Waals surface area (Å²) in [4.78, 5) is 23.8. The minimum Gasteiger partial charge on any atom is -0.496 e. The second-order valence-corrected chi connectivity index (χ2v) is 5.62. The topological polar surface area (TPSA) is 61.8 Å². The van der Waals surface area contributed by atoms with Crippen LogP contribution < -0.4 is 4.74 Å². The van der Waals surface area contributed by atoms with Gasteiger partial charge in [-0.25, -0.2) is 4.79 Å². The van der Waals surface area contributed by atoms with E-state index in [-0.39, 0.29) is 24.2 Å². The molecule has 0 aromatic heterocycles. The van der Waals surface area contributed by atoms with Gasteiger partial charge in [-0.1, -0.05) is 25.1 Å². The molecule has 120 valence electrons. The quantitative estimate of drug-likeness (QED) is 0.725. The molecule has 1 aliphatic rings. The first-order valence-electron chi connectivity index (χ1n) is 7.47. The number of benzene rings is 1. The minimum absolute atomic E-state index is 0.0545. The fraction of sp³-hybridized carbons (Fsp3) is 0.529. The van der Waals surface area contributed by atoms with Crippen LogP contribution in [0.4, 0.5) is 0 Å². The number of ether oxygens (including phenoxy) is 3. The maximum absolute atomic E-state index is 12.1.